The number of phenolic OH excluding ortho intramolecular Hbond substituents is 1. The zero-order chi connectivity index (χ0) is 16.9. The molecule has 0 unspecified atom stereocenters. The van der Waals surface area contributed by atoms with E-state index in [1.165, 1.54) is 0 Å². The summed E-state index contributed by atoms with van der Waals surface area (Å²) < 4.78 is 51.8. The molecule has 0 aliphatic carbocycles. The van der Waals surface area contributed by atoms with Crippen molar-refractivity contribution in [2.75, 3.05) is 60.0 Å². The Labute approximate surface area is 133 Å². The number of hydrogen-bond donors (Lipinski definition) is 1. The average molecular weight is 336 g/mol. The standard InChI is InChI=1S/C15H22F2O6/c1-19-2-3-20-4-5-21-6-7-22-8-9-23-12-10-13(16)15(18)14(17)11-12/h10-11,18H,2-9H2,1H3. The molecule has 0 radical (unpaired) electrons. The smallest absolute Gasteiger partial charge is 0.188 e. The largest absolute Gasteiger partial charge is 0.503 e. The summed E-state index contributed by atoms with van der Waals surface area (Å²) in [6, 6.07) is 1.82. The molecule has 1 rings (SSSR count). The average Bonchev–Trinajstić information content (AvgIpc) is 2.53. The van der Waals surface area contributed by atoms with Crippen LogP contribution in [-0.2, 0) is 18.9 Å². The Morgan fingerprint density at radius 2 is 1.22 bits per heavy atom. The van der Waals surface area contributed by atoms with Crippen LogP contribution in [0.25, 0.3) is 0 Å². The fraction of sp³-hybridized carbons (Fsp3) is 0.600. The van der Waals surface area contributed by atoms with Crippen LogP contribution in [0.4, 0.5) is 8.78 Å². The van der Waals surface area contributed by atoms with E-state index in [-0.39, 0.29) is 19.0 Å². The van der Waals surface area contributed by atoms with Gasteiger partial charge >= 0.3 is 0 Å². The Balaban J connectivity index is 1.96. The Kier molecular flexibility index (Phi) is 10.2. The van der Waals surface area contributed by atoms with E-state index in [0.717, 1.165) is 12.1 Å². The number of halogens is 2. The molecule has 0 atom stereocenters. The van der Waals surface area contributed by atoms with Crippen LogP contribution in [0.15, 0.2) is 12.1 Å². The molecule has 6 nitrogen and oxygen atoms in total. The van der Waals surface area contributed by atoms with E-state index in [1.807, 2.05) is 0 Å². The predicted octanol–water partition coefficient (Wildman–Crippen LogP) is 1.75. The maximum absolute atomic E-state index is 13.1. The fourth-order valence-electron chi connectivity index (χ4n) is 1.53. The van der Waals surface area contributed by atoms with Gasteiger partial charge in [-0.25, -0.2) is 8.78 Å². The van der Waals surface area contributed by atoms with E-state index < -0.39 is 17.4 Å². The SMILES string of the molecule is COCCOCCOCCOCCOc1cc(F)c(O)c(F)c1. The molecular weight excluding hydrogens is 314 g/mol. The second-order valence-corrected chi connectivity index (χ2v) is 4.41. The fourth-order valence-corrected chi connectivity index (χ4v) is 1.53. The summed E-state index contributed by atoms with van der Waals surface area (Å²) in [5.41, 5.74) is 0. The second kappa shape index (κ2) is 12.0. The summed E-state index contributed by atoms with van der Waals surface area (Å²) in [6.45, 7) is 3.21. The molecule has 0 fully saturated rings. The number of hydrogen-bond acceptors (Lipinski definition) is 6. The highest BCUT2D eigenvalue weighted by molar-refractivity contribution is 5.33. The topological polar surface area (TPSA) is 66.4 Å². The quantitative estimate of drug-likeness (QED) is 0.554. The first-order chi connectivity index (χ1) is 11.1. The Bertz CT molecular complexity index is 421. The van der Waals surface area contributed by atoms with Crippen LogP contribution in [-0.4, -0.2) is 65.1 Å². The zero-order valence-corrected chi connectivity index (χ0v) is 13.1. The van der Waals surface area contributed by atoms with E-state index in [4.69, 9.17) is 28.8 Å². The van der Waals surface area contributed by atoms with Gasteiger partial charge in [-0.3, -0.25) is 0 Å². The van der Waals surface area contributed by atoms with E-state index >= 15 is 0 Å². The first-order valence-electron chi connectivity index (χ1n) is 7.18. The summed E-state index contributed by atoms with van der Waals surface area (Å²) in [5, 5.41) is 8.94. The van der Waals surface area contributed by atoms with Gasteiger partial charge in [-0.15, -0.1) is 0 Å². The molecule has 1 aromatic rings. The van der Waals surface area contributed by atoms with E-state index in [2.05, 4.69) is 0 Å². The Morgan fingerprint density at radius 3 is 1.70 bits per heavy atom. The maximum Gasteiger partial charge on any atom is 0.188 e. The van der Waals surface area contributed by atoms with Crippen molar-refractivity contribution < 1.29 is 37.6 Å². The highest BCUT2D eigenvalue weighted by Gasteiger charge is 2.10. The third-order valence-corrected chi connectivity index (χ3v) is 2.66. The molecule has 0 aromatic heterocycles. The molecule has 0 aliphatic heterocycles. The van der Waals surface area contributed by atoms with Crippen molar-refractivity contribution in [1.29, 1.82) is 0 Å². The lowest BCUT2D eigenvalue weighted by Crippen LogP contribution is -2.13. The van der Waals surface area contributed by atoms with Crippen LogP contribution >= 0.6 is 0 Å². The number of benzene rings is 1. The first kappa shape index (κ1) is 19.6. The van der Waals surface area contributed by atoms with E-state index in [9.17, 15) is 8.78 Å². The molecule has 0 spiro atoms. The summed E-state index contributed by atoms with van der Waals surface area (Å²) in [7, 11) is 1.61. The van der Waals surface area contributed by atoms with Crippen LogP contribution in [0.5, 0.6) is 11.5 Å². The van der Waals surface area contributed by atoms with Gasteiger partial charge in [0.2, 0.25) is 0 Å². The van der Waals surface area contributed by atoms with Crippen LogP contribution < -0.4 is 4.74 Å². The molecule has 0 saturated heterocycles. The van der Waals surface area contributed by atoms with Crippen LogP contribution in [0.1, 0.15) is 0 Å². The van der Waals surface area contributed by atoms with Crippen molar-refractivity contribution in [3.8, 4) is 11.5 Å². The van der Waals surface area contributed by atoms with Crippen molar-refractivity contribution >= 4 is 0 Å². The van der Waals surface area contributed by atoms with Gasteiger partial charge in [0.25, 0.3) is 0 Å². The van der Waals surface area contributed by atoms with Gasteiger partial charge in [0.1, 0.15) is 12.4 Å². The predicted molar refractivity (Wildman–Crippen MR) is 77.9 cm³/mol. The molecule has 0 bridgehead atoms. The van der Waals surface area contributed by atoms with Crippen molar-refractivity contribution in [2.45, 2.75) is 0 Å². The maximum atomic E-state index is 13.1. The summed E-state index contributed by atoms with van der Waals surface area (Å²) in [4.78, 5) is 0. The normalized spacial score (nSPS) is 10.9. The molecule has 8 heteroatoms. The van der Waals surface area contributed by atoms with Gasteiger partial charge in [-0.1, -0.05) is 0 Å². The molecular formula is C15H22F2O6. The van der Waals surface area contributed by atoms with Crippen LogP contribution in [0, 0.1) is 11.6 Å². The lowest BCUT2D eigenvalue weighted by molar-refractivity contribution is 0.000141. The Hall–Kier alpha value is -1.48. The minimum absolute atomic E-state index is 0.00847. The minimum Gasteiger partial charge on any atom is -0.503 e. The molecule has 0 heterocycles. The van der Waals surface area contributed by atoms with Crippen molar-refractivity contribution in [3.63, 3.8) is 0 Å². The number of phenols is 1. The highest BCUT2D eigenvalue weighted by Crippen LogP contribution is 2.25. The van der Waals surface area contributed by atoms with E-state index in [0.29, 0.717) is 39.6 Å². The molecule has 1 N–H and O–H groups in total. The lowest BCUT2D eigenvalue weighted by atomic mass is 10.3. The summed E-state index contributed by atoms with van der Waals surface area (Å²) in [5.74, 6) is -3.16. The molecule has 23 heavy (non-hydrogen) atoms. The van der Waals surface area contributed by atoms with Gasteiger partial charge in [0.05, 0.1) is 46.2 Å². The molecule has 132 valence electrons. The van der Waals surface area contributed by atoms with Gasteiger partial charge in [0.15, 0.2) is 17.4 Å². The van der Waals surface area contributed by atoms with Crippen molar-refractivity contribution in [2.24, 2.45) is 0 Å². The highest BCUT2D eigenvalue weighted by atomic mass is 19.1. The first-order valence-corrected chi connectivity index (χ1v) is 7.18. The van der Waals surface area contributed by atoms with E-state index in [1.54, 1.807) is 7.11 Å². The third-order valence-electron chi connectivity index (χ3n) is 2.66. The summed E-state index contributed by atoms with van der Waals surface area (Å²) in [6.07, 6.45) is 0. The van der Waals surface area contributed by atoms with Gasteiger partial charge in [0, 0.05) is 19.2 Å². The van der Waals surface area contributed by atoms with Crippen LogP contribution in [0.3, 0.4) is 0 Å². The number of ether oxygens (including phenoxy) is 5. The van der Waals surface area contributed by atoms with Gasteiger partial charge < -0.3 is 28.8 Å². The molecule has 0 amide bonds. The second-order valence-electron chi connectivity index (χ2n) is 4.41. The molecule has 1 aromatic carbocycles. The molecule has 0 aliphatic rings. The van der Waals surface area contributed by atoms with Crippen LogP contribution in [0.2, 0.25) is 0 Å². The lowest BCUT2D eigenvalue weighted by Gasteiger charge is -2.09. The van der Waals surface area contributed by atoms with Gasteiger partial charge in [-0.2, -0.15) is 0 Å². The number of rotatable bonds is 13. The number of methoxy groups -OCH3 is 1. The zero-order valence-electron chi connectivity index (χ0n) is 13.1. The van der Waals surface area contributed by atoms with Crippen molar-refractivity contribution in [3.05, 3.63) is 23.8 Å². The Morgan fingerprint density at radius 1 is 0.783 bits per heavy atom. The monoisotopic (exact) mass is 336 g/mol. The molecule has 0 saturated carbocycles. The number of aromatic hydroxyl groups is 1. The van der Waals surface area contributed by atoms with Crippen molar-refractivity contribution in [1.82, 2.24) is 0 Å². The minimum atomic E-state index is -1.07. The summed E-state index contributed by atoms with van der Waals surface area (Å²) >= 11 is 0. The van der Waals surface area contributed by atoms with Gasteiger partial charge in [-0.05, 0) is 0 Å². The third kappa shape index (κ3) is 8.65.